The molecule has 1 aromatic carbocycles. The fourth-order valence-corrected chi connectivity index (χ4v) is 1.17. The number of carboxylic acid groups (broad SMARTS) is 1. The lowest BCUT2D eigenvalue weighted by Crippen LogP contribution is -1.92. The van der Waals surface area contributed by atoms with Gasteiger partial charge in [0.05, 0.1) is 7.11 Å². The highest BCUT2D eigenvalue weighted by molar-refractivity contribution is 9.12. The maximum absolute atomic E-state index is 10.5. The average Bonchev–Trinajstić information content (AvgIpc) is 2.19. The van der Waals surface area contributed by atoms with E-state index >= 15 is 0 Å². The van der Waals surface area contributed by atoms with Gasteiger partial charge in [-0.05, 0) is 39.7 Å². The van der Waals surface area contributed by atoms with E-state index in [2.05, 4.69) is 15.9 Å². The van der Waals surface area contributed by atoms with Crippen molar-refractivity contribution < 1.29 is 14.6 Å². The van der Waals surface area contributed by atoms with Crippen LogP contribution in [0.2, 0.25) is 0 Å². The van der Waals surface area contributed by atoms with Gasteiger partial charge in [-0.2, -0.15) is 0 Å². The molecule has 1 rings (SSSR count). The second-order valence-electron chi connectivity index (χ2n) is 2.57. The average molecular weight is 257 g/mol. The van der Waals surface area contributed by atoms with Gasteiger partial charge in [-0.1, -0.05) is 12.1 Å². The van der Waals surface area contributed by atoms with Gasteiger partial charge in [0, 0.05) is 0 Å². The van der Waals surface area contributed by atoms with Gasteiger partial charge < -0.3 is 9.84 Å². The molecule has 0 fully saturated rings. The van der Waals surface area contributed by atoms with E-state index in [1.165, 1.54) is 6.08 Å². The number of benzene rings is 1. The summed E-state index contributed by atoms with van der Waals surface area (Å²) in [5.74, 6) is -0.241. The number of methoxy groups -OCH3 is 1. The molecule has 3 nitrogen and oxygen atoms in total. The summed E-state index contributed by atoms with van der Waals surface area (Å²) in [4.78, 5) is 10.5. The van der Waals surface area contributed by atoms with Crippen molar-refractivity contribution in [2.75, 3.05) is 7.11 Å². The monoisotopic (exact) mass is 256 g/mol. The summed E-state index contributed by atoms with van der Waals surface area (Å²) in [6.07, 6.45) is 1.53. The third-order valence-corrected chi connectivity index (χ3v) is 2.18. The SMILES string of the molecule is COc1ccc(/C=C(/Br)C(=O)O)cc1. The largest absolute Gasteiger partial charge is 0.497 e. The molecule has 0 atom stereocenters. The van der Waals surface area contributed by atoms with Gasteiger partial charge in [0.1, 0.15) is 10.2 Å². The first-order chi connectivity index (χ1) is 6.63. The van der Waals surface area contributed by atoms with Crippen LogP contribution in [0.1, 0.15) is 5.56 Å². The first-order valence-electron chi connectivity index (χ1n) is 3.88. The second-order valence-corrected chi connectivity index (χ2v) is 3.42. The Balaban J connectivity index is 2.88. The Labute approximate surface area is 90.1 Å². The van der Waals surface area contributed by atoms with E-state index < -0.39 is 5.97 Å². The summed E-state index contributed by atoms with van der Waals surface area (Å²) in [6.45, 7) is 0. The van der Waals surface area contributed by atoms with Crippen molar-refractivity contribution in [2.45, 2.75) is 0 Å². The molecule has 0 heterocycles. The molecule has 74 valence electrons. The van der Waals surface area contributed by atoms with Gasteiger partial charge >= 0.3 is 5.97 Å². The Bertz CT molecular complexity index is 354. The van der Waals surface area contributed by atoms with E-state index in [9.17, 15) is 4.79 Å². The van der Waals surface area contributed by atoms with Crippen LogP contribution < -0.4 is 4.74 Å². The zero-order chi connectivity index (χ0) is 10.6. The van der Waals surface area contributed by atoms with Crippen LogP contribution in [0, 0.1) is 0 Å². The van der Waals surface area contributed by atoms with Gasteiger partial charge in [-0.3, -0.25) is 0 Å². The molecule has 0 aliphatic carbocycles. The number of ether oxygens (including phenoxy) is 1. The first kappa shape index (κ1) is 10.8. The Morgan fingerprint density at radius 1 is 1.43 bits per heavy atom. The van der Waals surface area contributed by atoms with Crippen LogP contribution in [-0.2, 0) is 4.79 Å². The highest BCUT2D eigenvalue weighted by atomic mass is 79.9. The van der Waals surface area contributed by atoms with Crippen molar-refractivity contribution in [3.05, 3.63) is 34.3 Å². The van der Waals surface area contributed by atoms with Gasteiger partial charge in [0.2, 0.25) is 0 Å². The zero-order valence-corrected chi connectivity index (χ0v) is 9.11. The first-order valence-corrected chi connectivity index (χ1v) is 4.67. The highest BCUT2D eigenvalue weighted by Gasteiger charge is 2.01. The molecule has 0 spiro atoms. The molecule has 4 heteroatoms. The Morgan fingerprint density at radius 3 is 2.43 bits per heavy atom. The fourth-order valence-electron chi connectivity index (χ4n) is 0.908. The third-order valence-electron chi connectivity index (χ3n) is 1.61. The van der Waals surface area contributed by atoms with E-state index in [0.717, 1.165) is 11.3 Å². The zero-order valence-electron chi connectivity index (χ0n) is 7.53. The summed E-state index contributed by atoms with van der Waals surface area (Å²) in [5.41, 5.74) is 0.806. The van der Waals surface area contributed by atoms with Crippen molar-refractivity contribution in [2.24, 2.45) is 0 Å². The highest BCUT2D eigenvalue weighted by Crippen LogP contribution is 2.16. The van der Waals surface area contributed by atoms with Crippen molar-refractivity contribution in [1.29, 1.82) is 0 Å². The van der Waals surface area contributed by atoms with E-state index in [0.29, 0.717) is 0 Å². The minimum Gasteiger partial charge on any atom is -0.497 e. The number of carboxylic acids is 1. The lowest BCUT2D eigenvalue weighted by molar-refractivity contribution is -0.131. The van der Waals surface area contributed by atoms with Crippen LogP contribution in [0.4, 0.5) is 0 Å². The lowest BCUT2D eigenvalue weighted by Gasteiger charge is -1.99. The van der Waals surface area contributed by atoms with Crippen molar-refractivity contribution >= 4 is 28.0 Å². The van der Waals surface area contributed by atoms with Gasteiger partial charge in [0.15, 0.2) is 0 Å². The molecule has 0 saturated carbocycles. The smallest absolute Gasteiger partial charge is 0.342 e. The van der Waals surface area contributed by atoms with Crippen molar-refractivity contribution in [3.8, 4) is 5.75 Å². The molecule has 0 amide bonds. The number of hydrogen-bond donors (Lipinski definition) is 1. The molecule has 0 radical (unpaired) electrons. The number of aliphatic carboxylic acids is 1. The Morgan fingerprint density at radius 2 is 2.00 bits per heavy atom. The second kappa shape index (κ2) is 4.81. The van der Waals surface area contributed by atoms with Crippen LogP contribution in [0.3, 0.4) is 0 Å². The van der Waals surface area contributed by atoms with Gasteiger partial charge in [-0.15, -0.1) is 0 Å². The molecule has 14 heavy (non-hydrogen) atoms. The molecule has 0 saturated heterocycles. The quantitative estimate of drug-likeness (QED) is 0.846. The number of carbonyl (C=O) groups is 1. The van der Waals surface area contributed by atoms with E-state index in [4.69, 9.17) is 9.84 Å². The van der Waals surface area contributed by atoms with E-state index in [-0.39, 0.29) is 4.48 Å². The molecular formula is C10H9BrO3. The fraction of sp³-hybridized carbons (Fsp3) is 0.100. The Kier molecular flexibility index (Phi) is 3.71. The number of rotatable bonds is 3. The lowest BCUT2D eigenvalue weighted by atomic mass is 10.2. The van der Waals surface area contributed by atoms with Crippen molar-refractivity contribution in [1.82, 2.24) is 0 Å². The van der Waals surface area contributed by atoms with Crippen LogP contribution in [0.15, 0.2) is 28.7 Å². The van der Waals surface area contributed by atoms with Crippen molar-refractivity contribution in [3.63, 3.8) is 0 Å². The molecule has 0 aliphatic heterocycles. The normalized spacial score (nSPS) is 11.1. The minimum absolute atomic E-state index is 0.127. The molecule has 0 aliphatic rings. The molecule has 1 N–H and O–H groups in total. The maximum atomic E-state index is 10.5. The van der Waals surface area contributed by atoms with Gasteiger partial charge in [0.25, 0.3) is 0 Å². The standard InChI is InChI=1S/C10H9BrO3/c1-14-8-4-2-7(3-5-8)6-9(11)10(12)13/h2-6H,1H3,(H,12,13)/b9-6+. The summed E-state index contributed by atoms with van der Waals surface area (Å²) in [5, 5.41) is 8.60. The minimum atomic E-state index is -0.985. The molecule has 1 aromatic rings. The predicted molar refractivity (Wildman–Crippen MR) is 57.5 cm³/mol. The molecule has 0 bridgehead atoms. The van der Waals surface area contributed by atoms with E-state index in [1.807, 2.05) is 0 Å². The summed E-state index contributed by atoms with van der Waals surface area (Å²) in [7, 11) is 1.58. The summed E-state index contributed by atoms with van der Waals surface area (Å²) < 4.78 is 5.10. The summed E-state index contributed by atoms with van der Waals surface area (Å²) >= 11 is 2.94. The third kappa shape index (κ3) is 2.88. The Hall–Kier alpha value is -1.29. The van der Waals surface area contributed by atoms with Crippen LogP contribution in [0.5, 0.6) is 5.75 Å². The number of halogens is 1. The molecule has 0 unspecified atom stereocenters. The number of hydrogen-bond acceptors (Lipinski definition) is 2. The van der Waals surface area contributed by atoms with E-state index in [1.54, 1.807) is 31.4 Å². The molecular weight excluding hydrogens is 248 g/mol. The molecule has 0 aromatic heterocycles. The van der Waals surface area contributed by atoms with Crippen LogP contribution in [0.25, 0.3) is 6.08 Å². The van der Waals surface area contributed by atoms with Gasteiger partial charge in [-0.25, -0.2) is 4.79 Å². The maximum Gasteiger partial charge on any atom is 0.342 e. The van der Waals surface area contributed by atoms with Crippen LogP contribution in [-0.4, -0.2) is 18.2 Å². The topological polar surface area (TPSA) is 46.5 Å². The summed E-state index contributed by atoms with van der Waals surface area (Å²) in [6, 6.07) is 7.11. The predicted octanol–water partition coefficient (Wildman–Crippen LogP) is 2.52. The van der Waals surface area contributed by atoms with Crippen LogP contribution >= 0.6 is 15.9 Å².